The number of fused-ring (bicyclic) bond motifs is 1. The molecule has 0 fully saturated rings. The van der Waals surface area contributed by atoms with Crippen LogP contribution in [0.4, 0.5) is 5.69 Å². The standard InChI is InChI=1S/C13H12N5O7P/c1-7-14-2-3-16(7)10-5-9-8(4-11(10)18(21)22)15-12(19)13(20)17(9)6-26(23,24)25/h2-5H,6H2,1H3,(H,15,19)(H2,23,24,25). The Morgan fingerprint density at radius 1 is 1.35 bits per heavy atom. The fraction of sp³-hybridized carbons (Fsp3) is 0.154. The van der Waals surface area contributed by atoms with Crippen molar-refractivity contribution in [2.24, 2.45) is 0 Å². The van der Waals surface area contributed by atoms with Gasteiger partial charge in [0.15, 0.2) is 0 Å². The predicted molar refractivity (Wildman–Crippen MR) is 89.4 cm³/mol. The Balaban J connectivity index is 2.46. The second-order valence-corrected chi connectivity index (χ2v) is 7.07. The molecule has 12 nitrogen and oxygen atoms in total. The molecule has 0 amide bonds. The van der Waals surface area contributed by atoms with Gasteiger partial charge < -0.3 is 14.8 Å². The highest BCUT2D eigenvalue weighted by Crippen LogP contribution is 2.37. The molecule has 3 aromatic rings. The van der Waals surface area contributed by atoms with E-state index in [9.17, 15) is 34.1 Å². The van der Waals surface area contributed by atoms with Gasteiger partial charge in [-0.15, -0.1) is 0 Å². The number of nitrogens with zero attached hydrogens (tertiary/aromatic N) is 4. The Morgan fingerprint density at radius 2 is 2.04 bits per heavy atom. The van der Waals surface area contributed by atoms with Crippen LogP contribution in [0.5, 0.6) is 0 Å². The summed E-state index contributed by atoms with van der Waals surface area (Å²) in [6, 6.07) is 2.23. The maximum absolute atomic E-state index is 12.1. The number of aromatic nitrogens is 4. The molecule has 0 radical (unpaired) electrons. The smallest absolute Gasteiger partial charge is 0.323 e. The minimum Gasteiger partial charge on any atom is -0.323 e. The largest absolute Gasteiger partial charge is 0.345 e. The highest BCUT2D eigenvalue weighted by molar-refractivity contribution is 7.50. The molecular formula is C13H12N5O7P. The zero-order chi connectivity index (χ0) is 19.2. The van der Waals surface area contributed by atoms with Crippen LogP contribution < -0.4 is 11.1 Å². The molecule has 26 heavy (non-hydrogen) atoms. The van der Waals surface area contributed by atoms with Crippen molar-refractivity contribution >= 4 is 24.3 Å². The predicted octanol–water partition coefficient (Wildman–Crippen LogP) is 0.227. The summed E-state index contributed by atoms with van der Waals surface area (Å²) < 4.78 is 13.3. The van der Waals surface area contributed by atoms with E-state index < -0.39 is 29.9 Å². The Labute approximate surface area is 143 Å². The third kappa shape index (κ3) is 3.08. The lowest BCUT2D eigenvalue weighted by molar-refractivity contribution is -0.384. The van der Waals surface area contributed by atoms with Crippen molar-refractivity contribution in [1.82, 2.24) is 19.1 Å². The number of imidazole rings is 1. The van der Waals surface area contributed by atoms with E-state index in [2.05, 4.69) is 9.97 Å². The van der Waals surface area contributed by atoms with Crippen LogP contribution in [0, 0.1) is 17.0 Å². The molecule has 0 spiro atoms. The van der Waals surface area contributed by atoms with E-state index in [0.717, 1.165) is 6.07 Å². The van der Waals surface area contributed by atoms with Crippen molar-refractivity contribution in [3.8, 4) is 5.69 Å². The normalized spacial score (nSPS) is 11.8. The molecule has 13 heteroatoms. The molecule has 0 unspecified atom stereocenters. The van der Waals surface area contributed by atoms with Crippen molar-refractivity contribution in [3.63, 3.8) is 0 Å². The van der Waals surface area contributed by atoms with Gasteiger partial charge in [-0.3, -0.25) is 33.4 Å². The minimum atomic E-state index is -4.70. The first-order chi connectivity index (χ1) is 12.1. The average molecular weight is 381 g/mol. The number of nitro groups is 1. The van der Waals surface area contributed by atoms with Crippen molar-refractivity contribution in [1.29, 1.82) is 0 Å². The van der Waals surface area contributed by atoms with Gasteiger partial charge in [0.2, 0.25) is 0 Å². The van der Waals surface area contributed by atoms with Gasteiger partial charge in [-0.1, -0.05) is 0 Å². The number of aryl methyl sites for hydroxylation is 1. The number of benzene rings is 1. The van der Waals surface area contributed by atoms with E-state index in [4.69, 9.17) is 0 Å². The molecule has 0 bridgehead atoms. The van der Waals surface area contributed by atoms with Crippen LogP contribution in [-0.2, 0) is 10.9 Å². The fourth-order valence-corrected chi connectivity index (χ4v) is 3.24. The first-order valence-electron chi connectivity index (χ1n) is 7.08. The van der Waals surface area contributed by atoms with Crippen LogP contribution in [0.15, 0.2) is 34.1 Å². The Morgan fingerprint density at radius 3 is 2.58 bits per heavy atom. The van der Waals surface area contributed by atoms with Crippen LogP contribution in [0.25, 0.3) is 16.7 Å². The minimum absolute atomic E-state index is 0.0309. The van der Waals surface area contributed by atoms with E-state index in [-0.39, 0.29) is 22.4 Å². The van der Waals surface area contributed by atoms with Crippen LogP contribution in [0.3, 0.4) is 0 Å². The van der Waals surface area contributed by atoms with Crippen LogP contribution in [0.1, 0.15) is 5.82 Å². The number of H-pyrrole nitrogens is 1. The van der Waals surface area contributed by atoms with Crippen molar-refractivity contribution < 1.29 is 19.3 Å². The third-order valence-electron chi connectivity index (χ3n) is 3.68. The number of rotatable bonds is 4. The van der Waals surface area contributed by atoms with Crippen molar-refractivity contribution in [3.05, 3.63) is 61.2 Å². The zero-order valence-electron chi connectivity index (χ0n) is 13.2. The molecular weight excluding hydrogens is 369 g/mol. The van der Waals surface area contributed by atoms with Gasteiger partial charge >= 0.3 is 18.7 Å². The molecule has 1 aromatic carbocycles. The number of hydrogen-bond acceptors (Lipinski definition) is 6. The molecule has 0 atom stereocenters. The van der Waals surface area contributed by atoms with Gasteiger partial charge in [0.25, 0.3) is 5.69 Å². The number of nitro benzene ring substituents is 1. The summed E-state index contributed by atoms with van der Waals surface area (Å²) in [6.45, 7) is 1.60. The van der Waals surface area contributed by atoms with Crippen LogP contribution in [0.2, 0.25) is 0 Å². The SMILES string of the molecule is Cc1nccn1-c1cc2c(cc1[N+](=O)[O-])[nH]c(=O)c(=O)n2CP(=O)(O)O. The maximum Gasteiger partial charge on any atom is 0.345 e. The zero-order valence-corrected chi connectivity index (χ0v) is 14.1. The maximum atomic E-state index is 12.1. The monoisotopic (exact) mass is 381 g/mol. The molecule has 0 aliphatic rings. The summed E-state index contributed by atoms with van der Waals surface area (Å²) >= 11 is 0. The molecule has 0 aliphatic carbocycles. The lowest BCUT2D eigenvalue weighted by Gasteiger charge is -2.13. The molecule has 0 aliphatic heterocycles. The third-order valence-corrected chi connectivity index (χ3v) is 4.33. The summed E-state index contributed by atoms with van der Waals surface area (Å²) in [5, 5.41) is 11.4. The van der Waals surface area contributed by atoms with Gasteiger partial charge in [0.1, 0.15) is 17.8 Å². The second kappa shape index (κ2) is 6.02. The molecule has 0 saturated heterocycles. The Bertz CT molecular complexity index is 1200. The van der Waals surface area contributed by atoms with Gasteiger partial charge in [0.05, 0.1) is 16.0 Å². The van der Waals surface area contributed by atoms with Crippen LogP contribution >= 0.6 is 7.60 Å². The van der Waals surface area contributed by atoms with Gasteiger partial charge in [-0.05, 0) is 13.0 Å². The molecule has 3 N–H and O–H groups in total. The van der Waals surface area contributed by atoms with Gasteiger partial charge in [-0.25, -0.2) is 4.98 Å². The van der Waals surface area contributed by atoms with Crippen molar-refractivity contribution in [2.75, 3.05) is 0 Å². The van der Waals surface area contributed by atoms with E-state index in [1.807, 2.05) is 0 Å². The molecule has 3 rings (SSSR count). The average Bonchev–Trinajstić information content (AvgIpc) is 2.95. The highest BCUT2D eigenvalue weighted by atomic mass is 31.2. The highest BCUT2D eigenvalue weighted by Gasteiger charge is 2.23. The quantitative estimate of drug-likeness (QED) is 0.249. The molecule has 2 aromatic heterocycles. The number of aromatic amines is 1. The van der Waals surface area contributed by atoms with E-state index in [0.29, 0.717) is 10.4 Å². The first kappa shape index (κ1) is 17.7. The first-order valence-corrected chi connectivity index (χ1v) is 8.88. The summed E-state index contributed by atoms with van der Waals surface area (Å²) in [5.74, 6) is 0.417. The van der Waals surface area contributed by atoms with E-state index in [1.54, 1.807) is 6.92 Å². The van der Waals surface area contributed by atoms with Gasteiger partial charge in [-0.2, -0.15) is 0 Å². The summed E-state index contributed by atoms with van der Waals surface area (Å²) in [6.07, 6.45) is 1.84. The number of nitrogens with one attached hydrogen (secondary N) is 1. The van der Waals surface area contributed by atoms with Gasteiger partial charge in [0, 0.05) is 18.5 Å². The lowest BCUT2D eigenvalue weighted by atomic mass is 10.2. The van der Waals surface area contributed by atoms with Crippen LogP contribution in [-0.4, -0.2) is 33.8 Å². The fourth-order valence-electron chi connectivity index (χ4n) is 2.59. The Kier molecular flexibility index (Phi) is 4.11. The van der Waals surface area contributed by atoms with Crippen molar-refractivity contribution in [2.45, 2.75) is 13.2 Å². The topological polar surface area (TPSA) is 173 Å². The van der Waals surface area contributed by atoms with E-state index in [1.165, 1.54) is 23.0 Å². The summed E-state index contributed by atoms with van der Waals surface area (Å²) in [7, 11) is -4.70. The second-order valence-electron chi connectivity index (χ2n) is 5.45. The molecule has 2 heterocycles. The molecule has 136 valence electrons. The summed E-state index contributed by atoms with van der Waals surface area (Å²) in [5.41, 5.74) is -2.84. The van der Waals surface area contributed by atoms with E-state index >= 15 is 0 Å². The Hall–Kier alpha value is -3.08. The lowest BCUT2D eigenvalue weighted by Crippen LogP contribution is -2.36. The summed E-state index contributed by atoms with van der Waals surface area (Å²) in [4.78, 5) is 59.2. The molecule has 0 saturated carbocycles. The number of hydrogen-bond donors (Lipinski definition) is 3.